The number of carbonyl (C=O) groups excluding carboxylic acids is 1. The summed E-state index contributed by atoms with van der Waals surface area (Å²) in [5, 5.41) is 4.44. The number of hydrogen-bond donors (Lipinski definition) is 1. The Kier molecular flexibility index (Phi) is 8.61. The van der Waals surface area contributed by atoms with E-state index in [1.54, 1.807) is 38.1 Å². The highest BCUT2D eigenvalue weighted by Crippen LogP contribution is 2.25. The Morgan fingerprint density at radius 1 is 1.00 bits per heavy atom. The van der Waals surface area contributed by atoms with Gasteiger partial charge in [0.25, 0.3) is 5.91 Å². The van der Waals surface area contributed by atoms with Crippen LogP contribution in [0.5, 0.6) is 0 Å². The molecule has 3 rings (SSSR count). The SMILES string of the molecule is Cc1cc(C)c(S(=O)(=O)N(CCc2ccccc2)CC(=O)NN=Cc2ccccc2Cl)c(C)c1. The molecule has 0 aromatic heterocycles. The molecule has 3 aromatic rings. The Labute approximate surface area is 206 Å². The first-order valence-electron chi connectivity index (χ1n) is 10.9. The van der Waals surface area contributed by atoms with Crippen molar-refractivity contribution in [2.24, 2.45) is 5.10 Å². The lowest BCUT2D eigenvalue weighted by atomic mass is 10.1. The number of nitrogens with zero attached hydrogens (tertiary/aromatic N) is 2. The molecule has 0 saturated carbocycles. The van der Waals surface area contributed by atoms with Gasteiger partial charge in [-0.05, 0) is 49.9 Å². The van der Waals surface area contributed by atoms with E-state index in [2.05, 4.69) is 10.5 Å². The number of sulfonamides is 1. The molecule has 6 nitrogen and oxygen atoms in total. The predicted octanol–water partition coefficient (Wildman–Crippen LogP) is 4.65. The minimum Gasteiger partial charge on any atom is -0.272 e. The number of rotatable bonds is 9. The maximum Gasteiger partial charge on any atom is 0.255 e. The zero-order valence-electron chi connectivity index (χ0n) is 19.5. The fourth-order valence-electron chi connectivity index (χ4n) is 3.83. The van der Waals surface area contributed by atoms with Crippen molar-refractivity contribution in [3.05, 3.63) is 99.6 Å². The van der Waals surface area contributed by atoms with Crippen molar-refractivity contribution in [1.29, 1.82) is 0 Å². The lowest BCUT2D eigenvalue weighted by molar-refractivity contribution is -0.121. The Morgan fingerprint density at radius 2 is 1.62 bits per heavy atom. The summed E-state index contributed by atoms with van der Waals surface area (Å²) in [6, 6.07) is 20.3. The van der Waals surface area contributed by atoms with E-state index < -0.39 is 15.9 Å². The van der Waals surface area contributed by atoms with Crippen LogP contribution >= 0.6 is 11.6 Å². The van der Waals surface area contributed by atoms with Gasteiger partial charge in [0.1, 0.15) is 0 Å². The van der Waals surface area contributed by atoms with E-state index in [-0.39, 0.29) is 18.0 Å². The highest BCUT2D eigenvalue weighted by molar-refractivity contribution is 7.89. The normalized spacial score (nSPS) is 11.8. The Bertz CT molecular complexity index is 1270. The molecule has 3 aromatic carbocycles. The Morgan fingerprint density at radius 3 is 2.26 bits per heavy atom. The second-order valence-corrected chi connectivity index (χ2v) is 10.4. The summed E-state index contributed by atoms with van der Waals surface area (Å²) in [5.41, 5.74) is 6.33. The molecule has 0 spiro atoms. The molecule has 0 aliphatic carbocycles. The Balaban J connectivity index is 1.83. The summed E-state index contributed by atoms with van der Waals surface area (Å²) < 4.78 is 28.6. The van der Waals surface area contributed by atoms with E-state index in [9.17, 15) is 13.2 Å². The lowest BCUT2D eigenvalue weighted by Gasteiger charge is -2.24. The molecule has 0 unspecified atom stereocenters. The molecule has 178 valence electrons. The van der Waals surface area contributed by atoms with Gasteiger partial charge in [0.2, 0.25) is 10.0 Å². The molecule has 1 N–H and O–H groups in total. The number of carbonyl (C=O) groups is 1. The standard InChI is InChI=1S/C26H28ClN3O3S/c1-19-15-20(2)26(21(3)16-19)34(32,33)30(14-13-22-9-5-4-6-10-22)18-25(31)29-28-17-23-11-7-8-12-24(23)27/h4-12,15-17H,13-14,18H2,1-3H3,(H,29,31). The maximum absolute atomic E-state index is 13.7. The highest BCUT2D eigenvalue weighted by Gasteiger charge is 2.29. The van der Waals surface area contributed by atoms with E-state index in [0.717, 1.165) is 11.1 Å². The van der Waals surface area contributed by atoms with Gasteiger partial charge >= 0.3 is 0 Å². The summed E-state index contributed by atoms with van der Waals surface area (Å²) in [4.78, 5) is 12.9. The number of hydrogen-bond acceptors (Lipinski definition) is 4. The molecule has 0 radical (unpaired) electrons. The number of benzene rings is 3. The average molecular weight is 498 g/mol. The molecule has 0 heterocycles. The zero-order chi connectivity index (χ0) is 24.7. The fourth-order valence-corrected chi connectivity index (χ4v) is 5.83. The van der Waals surface area contributed by atoms with Gasteiger partial charge in [0.05, 0.1) is 17.7 Å². The molecular weight excluding hydrogens is 470 g/mol. The van der Waals surface area contributed by atoms with Gasteiger partial charge < -0.3 is 0 Å². The average Bonchev–Trinajstić information content (AvgIpc) is 2.77. The van der Waals surface area contributed by atoms with Crippen LogP contribution in [0.15, 0.2) is 76.7 Å². The van der Waals surface area contributed by atoms with Crippen LogP contribution < -0.4 is 5.43 Å². The van der Waals surface area contributed by atoms with E-state index in [0.29, 0.717) is 28.1 Å². The predicted molar refractivity (Wildman–Crippen MR) is 137 cm³/mol. The Hall–Kier alpha value is -3.00. The summed E-state index contributed by atoms with van der Waals surface area (Å²) in [6.45, 7) is 5.27. The maximum atomic E-state index is 13.7. The molecule has 0 bridgehead atoms. The first kappa shape index (κ1) is 25.6. The zero-order valence-corrected chi connectivity index (χ0v) is 21.0. The van der Waals surface area contributed by atoms with Gasteiger partial charge in [0, 0.05) is 17.1 Å². The number of nitrogens with one attached hydrogen (secondary N) is 1. The fraction of sp³-hybridized carbons (Fsp3) is 0.231. The summed E-state index contributed by atoms with van der Waals surface area (Å²) in [5.74, 6) is -0.539. The van der Waals surface area contributed by atoms with E-state index >= 15 is 0 Å². The van der Waals surface area contributed by atoms with E-state index in [4.69, 9.17) is 11.6 Å². The third-order valence-corrected chi connectivity index (χ3v) is 7.81. The molecule has 34 heavy (non-hydrogen) atoms. The van der Waals surface area contributed by atoms with Crippen LogP contribution in [0.1, 0.15) is 27.8 Å². The smallest absolute Gasteiger partial charge is 0.255 e. The summed E-state index contributed by atoms with van der Waals surface area (Å²) >= 11 is 6.10. The lowest BCUT2D eigenvalue weighted by Crippen LogP contribution is -2.41. The molecular formula is C26H28ClN3O3S. The third kappa shape index (κ3) is 6.53. The quantitative estimate of drug-likeness (QED) is 0.345. The van der Waals surface area contributed by atoms with E-state index in [1.807, 2.05) is 49.4 Å². The van der Waals surface area contributed by atoms with Gasteiger partial charge in [-0.15, -0.1) is 0 Å². The van der Waals surface area contributed by atoms with Crippen LogP contribution in [0.3, 0.4) is 0 Å². The monoisotopic (exact) mass is 497 g/mol. The van der Waals surface area contributed by atoms with Crippen molar-refractivity contribution < 1.29 is 13.2 Å². The number of hydrazone groups is 1. The van der Waals surface area contributed by atoms with Crippen molar-refractivity contribution >= 4 is 33.7 Å². The molecule has 0 aliphatic rings. The van der Waals surface area contributed by atoms with Gasteiger partial charge in [0.15, 0.2) is 0 Å². The van der Waals surface area contributed by atoms with Gasteiger partial charge in [-0.1, -0.05) is 77.8 Å². The third-order valence-electron chi connectivity index (χ3n) is 5.31. The largest absolute Gasteiger partial charge is 0.272 e. The van der Waals surface area contributed by atoms with Crippen LogP contribution in [0.25, 0.3) is 0 Å². The highest BCUT2D eigenvalue weighted by atomic mass is 35.5. The van der Waals surface area contributed by atoms with Crippen molar-refractivity contribution in [2.75, 3.05) is 13.1 Å². The number of amides is 1. The molecule has 0 saturated heterocycles. The summed E-state index contributed by atoms with van der Waals surface area (Å²) in [6.07, 6.45) is 1.90. The van der Waals surface area contributed by atoms with Crippen LogP contribution in [0, 0.1) is 20.8 Å². The van der Waals surface area contributed by atoms with Gasteiger partial charge in [-0.3, -0.25) is 4.79 Å². The second kappa shape index (κ2) is 11.4. The first-order valence-corrected chi connectivity index (χ1v) is 12.7. The number of aryl methyl sites for hydroxylation is 3. The minimum absolute atomic E-state index is 0.154. The molecule has 0 atom stereocenters. The summed E-state index contributed by atoms with van der Waals surface area (Å²) in [7, 11) is -3.93. The van der Waals surface area contributed by atoms with Crippen LogP contribution in [0.4, 0.5) is 0 Å². The van der Waals surface area contributed by atoms with Crippen molar-refractivity contribution in [3.8, 4) is 0 Å². The second-order valence-electron chi connectivity index (χ2n) is 8.12. The molecule has 0 aliphatic heterocycles. The number of halogens is 1. The molecule has 1 amide bonds. The van der Waals surface area contributed by atoms with Gasteiger partial charge in [-0.2, -0.15) is 9.41 Å². The van der Waals surface area contributed by atoms with Crippen LogP contribution in [0.2, 0.25) is 5.02 Å². The first-order chi connectivity index (χ1) is 16.2. The molecule has 0 fully saturated rings. The topological polar surface area (TPSA) is 78.8 Å². The van der Waals surface area contributed by atoms with Crippen LogP contribution in [-0.4, -0.2) is 37.9 Å². The molecule has 8 heteroatoms. The van der Waals surface area contributed by atoms with Crippen molar-refractivity contribution in [1.82, 2.24) is 9.73 Å². The van der Waals surface area contributed by atoms with Crippen molar-refractivity contribution in [3.63, 3.8) is 0 Å². The van der Waals surface area contributed by atoms with E-state index in [1.165, 1.54) is 10.5 Å². The minimum atomic E-state index is -3.93. The van der Waals surface area contributed by atoms with Crippen LogP contribution in [-0.2, 0) is 21.2 Å². The van der Waals surface area contributed by atoms with Gasteiger partial charge in [-0.25, -0.2) is 13.8 Å². The van der Waals surface area contributed by atoms with Crippen molar-refractivity contribution in [2.45, 2.75) is 32.1 Å².